The van der Waals surface area contributed by atoms with Crippen LogP contribution in [-0.4, -0.2) is 21.0 Å². The van der Waals surface area contributed by atoms with Gasteiger partial charge in [0, 0.05) is 29.9 Å². The summed E-state index contributed by atoms with van der Waals surface area (Å²) in [4.78, 5) is 21.0. The highest BCUT2D eigenvalue weighted by Crippen LogP contribution is 2.30. The quantitative estimate of drug-likeness (QED) is 0.481. The summed E-state index contributed by atoms with van der Waals surface area (Å²) in [6.45, 7) is 3.91. The molecule has 0 radical (unpaired) electrons. The van der Waals surface area contributed by atoms with Gasteiger partial charge in [-0.3, -0.25) is 4.79 Å². The van der Waals surface area contributed by atoms with Crippen molar-refractivity contribution in [1.82, 2.24) is 20.4 Å². The number of halogens is 2. The molecule has 2 aromatic carbocycles. The zero-order valence-corrected chi connectivity index (χ0v) is 17.5. The Balaban J connectivity index is 1.46. The molecule has 2 aromatic heterocycles. The lowest BCUT2D eigenvalue weighted by molar-refractivity contribution is -0.120. The molecule has 162 valence electrons. The molecule has 4 rings (SSSR count). The molecule has 6 nitrogen and oxygen atoms in total. The largest absolute Gasteiger partial charge is 0.356 e. The molecule has 0 aliphatic rings. The van der Waals surface area contributed by atoms with Crippen LogP contribution in [0.5, 0.6) is 0 Å². The van der Waals surface area contributed by atoms with Crippen LogP contribution in [0.3, 0.4) is 0 Å². The van der Waals surface area contributed by atoms with Crippen LogP contribution < -0.4 is 5.32 Å². The van der Waals surface area contributed by atoms with Gasteiger partial charge < -0.3 is 9.84 Å². The fraction of sp³-hybridized carbons (Fsp3) is 0.167. The number of hydrogen-bond donors (Lipinski definition) is 1. The fourth-order valence-corrected chi connectivity index (χ4v) is 3.26. The third-order valence-electron chi connectivity index (χ3n) is 4.88. The highest BCUT2D eigenvalue weighted by molar-refractivity contribution is 5.79. The Morgan fingerprint density at radius 2 is 1.84 bits per heavy atom. The first-order chi connectivity index (χ1) is 15.4. The number of nitrogens with zero attached hydrogens (tertiary/aromatic N) is 3. The molecule has 0 unspecified atom stereocenters. The maximum atomic E-state index is 13.7. The van der Waals surface area contributed by atoms with Gasteiger partial charge in [0.25, 0.3) is 0 Å². The Hall–Kier alpha value is -3.94. The normalized spacial score (nSPS) is 10.9. The number of hydrogen-bond acceptors (Lipinski definition) is 5. The van der Waals surface area contributed by atoms with Crippen molar-refractivity contribution in [3.8, 4) is 22.6 Å². The van der Waals surface area contributed by atoms with Crippen molar-refractivity contribution >= 4 is 5.91 Å². The second-order valence-electron chi connectivity index (χ2n) is 7.40. The van der Waals surface area contributed by atoms with E-state index in [9.17, 15) is 13.6 Å². The third-order valence-corrected chi connectivity index (χ3v) is 4.88. The number of amides is 1. The van der Waals surface area contributed by atoms with Crippen LogP contribution in [0, 0.1) is 25.5 Å². The third kappa shape index (κ3) is 4.85. The predicted octanol–water partition coefficient (Wildman–Crippen LogP) is 4.55. The Morgan fingerprint density at radius 3 is 2.56 bits per heavy atom. The Morgan fingerprint density at radius 1 is 1.06 bits per heavy atom. The van der Waals surface area contributed by atoms with Gasteiger partial charge in [-0.15, -0.1) is 0 Å². The average molecular weight is 434 g/mol. The van der Waals surface area contributed by atoms with Crippen LogP contribution in [0.4, 0.5) is 8.78 Å². The lowest BCUT2D eigenvalue weighted by atomic mass is 10.0. The van der Waals surface area contributed by atoms with Crippen molar-refractivity contribution in [2.45, 2.75) is 26.8 Å². The van der Waals surface area contributed by atoms with Gasteiger partial charge in [-0.25, -0.2) is 18.7 Å². The summed E-state index contributed by atoms with van der Waals surface area (Å²) in [5, 5.41) is 6.66. The van der Waals surface area contributed by atoms with E-state index in [1.165, 1.54) is 0 Å². The van der Waals surface area contributed by atoms with Gasteiger partial charge in [-0.05, 0) is 37.6 Å². The second kappa shape index (κ2) is 9.05. The molecule has 0 bridgehead atoms. The first-order valence-corrected chi connectivity index (χ1v) is 9.96. The van der Waals surface area contributed by atoms with Gasteiger partial charge in [0.2, 0.25) is 5.91 Å². The summed E-state index contributed by atoms with van der Waals surface area (Å²) < 4.78 is 32.4. The highest BCUT2D eigenvalue weighted by Gasteiger charge is 2.15. The van der Waals surface area contributed by atoms with Gasteiger partial charge in [-0.2, -0.15) is 0 Å². The van der Waals surface area contributed by atoms with Crippen LogP contribution >= 0.6 is 0 Å². The molecular formula is C24H20F2N4O2. The molecule has 0 atom stereocenters. The number of carbonyl (C=O) groups is 1. The first-order valence-electron chi connectivity index (χ1n) is 9.96. The zero-order valence-electron chi connectivity index (χ0n) is 17.5. The van der Waals surface area contributed by atoms with E-state index in [4.69, 9.17) is 4.52 Å². The second-order valence-corrected chi connectivity index (χ2v) is 7.40. The van der Waals surface area contributed by atoms with E-state index >= 15 is 0 Å². The van der Waals surface area contributed by atoms with Gasteiger partial charge >= 0.3 is 0 Å². The molecule has 1 N–H and O–H groups in total. The van der Waals surface area contributed by atoms with Crippen molar-refractivity contribution in [3.05, 3.63) is 89.0 Å². The Kier molecular flexibility index (Phi) is 6.02. The molecule has 0 saturated carbocycles. The summed E-state index contributed by atoms with van der Waals surface area (Å²) in [5.74, 6) is -0.374. The summed E-state index contributed by atoms with van der Waals surface area (Å²) >= 11 is 0. The molecule has 0 fully saturated rings. The Bertz CT molecular complexity index is 1270. The van der Waals surface area contributed by atoms with E-state index in [1.807, 2.05) is 44.2 Å². The monoisotopic (exact) mass is 434 g/mol. The summed E-state index contributed by atoms with van der Waals surface area (Å²) in [6, 6.07) is 12.4. The van der Waals surface area contributed by atoms with Crippen LogP contribution in [0.2, 0.25) is 0 Å². The van der Waals surface area contributed by atoms with Crippen molar-refractivity contribution in [2.75, 3.05) is 0 Å². The van der Waals surface area contributed by atoms with Crippen LogP contribution in [0.25, 0.3) is 22.6 Å². The van der Waals surface area contributed by atoms with E-state index in [1.54, 1.807) is 6.20 Å². The molecule has 1 amide bonds. The zero-order chi connectivity index (χ0) is 22.7. The standard InChI is InChI=1S/C24H20F2N4O2/c1-14-9-22(32-30-14)20-13-27-15(2)29-24(20)17-5-3-16(4-6-17)12-28-23(31)11-18-10-19(25)7-8-21(18)26/h3-10,13H,11-12H2,1-2H3,(H,28,31). The highest BCUT2D eigenvalue weighted by atomic mass is 19.1. The summed E-state index contributed by atoms with van der Waals surface area (Å²) in [7, 11) is 0. The smallest absolute Gasteiger partial charge is 0.224 e. The lowest BCUT2D eigenvalue weighted by Crippen LogP contribution is -2.25. The number of benzene rings is 2. The van der Waals surface area contributed by atoms with E-state index in [2.05, 4.69) is 20.4 Å². The molecular weight excluding hydrogens is 414 g/mol. The van der Waals surface area contributed by atoms with Gasteiger partial charge in [0.1, 0.15) is 17.5 Å². The maximum absolute atomic E-state index is 13.7. The van der Waals surface area contributed by atoms with E-state index < -0.39 is 17.5 Å². The van der Waals surface area contributed by atoms with Crippen molar-refractivity contribution in [2.24, 2.45) is 0 Å². The lowest BCUT2D eigenvalue weighted by Gasteiger charge is -2.09. The van der Waals surface area contributed by atoms with E-state index in [0.717, 1.165) is 40.6 Å². The first kappa shape index (κ1) is 21.3. The molecule has 4 aromatic rings. The molecule has 2 heterocycles. The van der Waals surface area contributed by atoms with Crippen LogP contribution in [0.15, 0.2) is 59.3 Å². The Labute approximate surface area is 183 Å². The molecule has 0 aliphatic carbocycles. The number of nitrogens with one attached hydrogen (secondary N) is 1. The van der Waals surface area contributed by atoms with Crippen LogP contribution in [-0.2, 0) is 17.8 Å². The maximum Gasteiger partial charge on any atom is 0.224 e. The molecule has 0 saturated heterocycles. The van der Waals surface area contributed by atoms with Crippen LogP contribution in [0.1, 0.15) is 22.6 Å². The predicted molar refractivity (Wildman–Crippen MR) is 114 cm³/mol. The molecule has 0 spiro atoms. The van der Waals surface area contributed by atoms with Gasteiger partial charge in [0.05, 0.1) is 23.4 Å². The molecule has 32 heavy (non-hydrogen) atoms. The molecule has 0 aliphatic heterocycles. The number of rotatable bonds is 6. The van der Waals surface area contributed by atoms with E-state index in [-0.39, 0.29) is 18.5 Å². The number of carbonyl (C=O) groups excluding carboxylic acids is 1. The minimum Gasteiger partial charge on any atom is -0.356 e. The summed E-state index contributed by atoms with van der Waals surface area (Å²) in [5.41, 5.74) is 3.93. The van der Waals surface area contributed by atoms with Crippen molar-refractivity contribution in [3.63, 3.8) is 0 Å². The van der Waals surface area contributed by atoms with Crippen molar-refractivity contribution < 1.29 is 18.1 Å². The van der Waals surface area contributed by atoms with Gasteiger partial charge in [0.15, 0.2) is 5.76 Å². The molecule has 8 heteroatoms. The topological polar surface area (TPSA) is 80.9 Å². The minimum absolute atomic E-state index is 0.0205. The van der Waals surface area contributed by atoms with Gasteiger partial charge in [-0.1, -0.05) is 29.4 Å². The summed E-state index contributed by atoms with van der Waals surface area (Å²) in [6.07, 6.45) is 1.47. The average Bonchev–Trinajstić information content (AvgIpc) is 3.21. The van der Waals surface area contributed by atoms with E-state index in [0.29, 0.717) is 17.3 Å². The van der Waals surface area contributed by atoms with Crippen molar-refractivity contribution in [1.29, 1.82) is 0 Å². The number of aryl methyl sites for hydroxylation is 2. The SMILES string of the molecule is Cc1cc(-c2cnc(C)nc2-c2ccc(CNC(=O)Cc3cc(F)ccc3F)cc2)on1. The number of aromatic nitrogens is 3. The fourth-order valence-electron chi connectivity index (χ4n) is 3.26. The minimum atomic E-state index is -0.608.